The largest absolute Gasteiger partial charge is 0.494 e. The molecule has 2 atom stereocenters. The molecule has 0 radical (unpaired) electrons. The zero-order valence-corrected chi connectivity index (χ0v) is 10.4. The lowest BCUT2D eigenvalue weighted by Crippen LogP contribution is -2.27. The van der Waals surface area contributed by atoms with Gasteiger partial charge in [-0.05, 0) is 31.9 Å². The molecule has 100 valence electrons. The third kappa shape index (κ3) is 2.79. The molecule has 0 spiro atoms. The Morgan fingerprint density at radius 1 is 1.44 bits per heavy atom. The summed E-state index contributed by atoms with van der Waals surface area (Å²) in [5, 5.41) is 3.29. The van der Waals surface area contributed by atoms with Gasteiger partial charge in [0.2, 0.25) is 0 Å². The van der Waals surface area contributed by atoms with Gasteiger partial charge in [0.05, 0.1) is 7.11 Å². The second-order valence-electron chi connectivity index (χ2n) is 4.64. The number of benzene rings is 1. The van der Waals surface area contributed by atoms with Gasteiger partial charge >= 0.3 is 0 Å². The average Bonchev–Trinajstić information content (AvgIpc) is 2.84. The van der Waals surface area contributed by atoms with Gasteiger partial charge in [0.15, 0.2) is 11.6 Å². The SMILES string of the molecule is COc1cc(F)c(C(N)CC2CCCN2)cc1F. The molecule has 0 amide bonds. The van der Waals surface area contributed by atoms with Crippen molar-refractivity contribution in [1.82, 2.24) is 5.32 Å². The van der Waals surface area contributed by atoms with Crippen LogP contribution < -0.4 is 15.8 Å². The van der Waals surface area contributed by atoms with Crippen molar-refractivity contribution in [1.29, 1.82) is 0 Å². The van der Waals surface area contributed by atoms with E-state index in [0.717, 1.165) is 31.5 Å². The van der Waals surface area contributed by atoms with Gasteiger partial charge in [-0.1, -0.05) is 0 Å². The lowest BCUT2D eigenvalue weighted by molar-refractivity contribution is 0.380. The van der Waals surface area contributed by atoms with Crippen LogP contribution in [0.5, 0.6) is 5.75 Å². The van der Waals surface area contributed by atoms with Gasteiger partial charge in [-0.25, -0.2) is 8.78 Å². The summed E-state index contributed by atoms with van der Waals surface area (Å²) in [6.07, 6.45) is 2.76. The quantitative estimate of drug-likeness (QED) is 0.867. The van der Waals surface area contributed by atoms with E-state index < -0.39 is 17.7 Å². The van der Waals surface area contributed by atoms with Crippen molar-refractivity contribution in [3.63, 3.8) is 0 Å². The zero-order chi connectivity index (χ0) is 13.1. The molecule has 1 fully saturated rings. The Kier molecular flexibility index (Phi) is 4.14. The fraction of sp³-hybridized carbons (Fsp3) is 0.538. The molecule has 0 aromatic heterocycles. The maximum absolute atomic E-state index is 13.8. The Balaban J connectivity index is 2.13. The van der Waals surface area contributed by atoms with E-state index >= 15 is 0 Å². The predicted molar refractivity (Wildman–Crippen MR) is 65.5 cm³/mol. The van der Waals surface area contributed by atoms with Gasteiger partial charge in [0, 0.05) is 23.7 Å². The highest BCUT2D eigenvalue weighted by Gasteiger charge is 2.21. The Labute approximate surface area is 105 Å². The van der Waals surface area contributed by atoms with E-state index in [4.69, 9.17) is 10.5 Å². The van der Waals surface area contributed by atoms with Crippen molar-refractivity contribution in [3.8, 4) is 5.75 Å². The van der Waals surface area contributed by atoms with E-state index in [1.54, 1.807) is 0 Å². The van der Waals surface area contributed by atoms with Gasteiger partial charge in [-0.2, -0.15) is 0 Å². The Bertz CT molecular complexity index is 420. The Morgan fingerprint density at radius 3 is 2.83 bits per heavy atom. The highest BCUT2D eigenvalue weighted by atomic mass is 19.1. The van der Waals surface area contributed by atoms with Crippen molar-refractivity contribution < 1.29 is 13.5 Å². The van der Waals surface area contributed by atoms with Crippen LogP contribution in [0.1, 0.15) is 30.9 Å². The monoisotopic (exact) mass is 256 g/mol. The molecule has 0 bridgehead atoms. The second-order valence-corrected chi connectivity index (χ2v) is 4.64. The number of halogens is 2. The molecule has 1 saturated heterocycles. The summed E-state index contributed by atoms with van der Waals surface area (Å²) in [6.45, 7) is 0.969. The fourth-order valence-electron chi connectivity index (χ4n) is 2.38. The van der Waals surface area contributed by atoms with Crippen molar-refractivity contribution in [2.45, 2.75) is 31.3 Å². The lowest BCUT2D eigenvalue weighted by atomic mass is 9.98. The molecular weight excluding hydrogens is 238 g/mol. The van der Waals surface area contributed by atoms with Crippen LogP contribution in [0.2, 0.25) is 0 Å². The number of hydrogen-bond acceptors (Lipinski definition) is 3. The maximum atomic E-state index is 13.8. The van der Waals surface area contributed by atoms with Gasteiger partial charge in [-0.3, -0.25) is 0 Å². The lowest BCUT2D eigenvalue weighted by Gasteiger charge is -2.18. The summed E-state index contributed by atoms with van der Waals surface area (Å²) in [6, 6.07) is 1.98. The molecule has 1 aromatic rings. The van der Waals surface area contributed by atoms with Crippen LogP contribution in [0.3, 0.4) is 0 Å². The summed E-state index contributed by atoms with van der Waals surface area (Å²) in [4.78, 5) is 0. The molecule has 1 aromatic carbocycles. The minimum Gasteiger partial charge on any atom is -0.494 e. The van der Waals surface area contributed by atoms with E-state index in [1.807, 2.05) is 0 Å². The molecule has 3 nitrogen and oxygen atoms in total. The molecule has 1 aliphatic heterocycles. The molecule has 2 unspecified atom stereocenters. The van der Waals surface area contributed by atoms with E-state index in [2.05, 4.69) is 5.32 Å². The number of methoxy groups -OCH3 is 1. The second kappa shape index (κ2) is 5.63. The molecule has 18 heavy (non-hydrogen) atoms. The number of nitrogens with two attached hydrogens (primary N) is 1. The standard InChI is InChI=1S/C13H18F2N2O/c1-18-13-7-10(14)9(6-11(13)15)12(16)5-8-3-2-4-17-8/h6-8,12,17H,2-5,16H2,1H3. The van der Waals surface area contributed by atoms with Crippen LogP contribution >= 0.6 is 0 Å². The first-order valence-electron chi connectivity index (χ1n) is 6.13. The van der Waals surface area contributed by atoms with Gasteiger partial charge in [-0.15, -0.1) is 0 Å². The zero-order valence-electron chi connectivity index (χ0n) is 10.4. The van der Waals surface area contributed by atoms with E-state index in [9.17, 15) is 8.78 Å². The molecule has 3 N–H and O–H groups in total. The smallest absolute Gasteiger partial charge is 0.165 e. The summed E-state index contributed by atoms with van der Waals surface area (Å²) in [5.74, 6) is -1.19. The summed E-state index contributed by atoms with van der Waals surface area (Å²) in [7, 11) is 1.31. The molecule has 5 heteroatoms. The average molecular weight is 256 g/mol. The topological polar surface area (TPSA) is 47.3 Å². The van der Waals surface area contributed by atoms with Crippen molar-refractivity contribution in [2.75, 3.05) is 13.7 Å². The molecule has 2 rings (SSSR count). The molecule has 0 saturated carbocycles. The van der Waals surface area contributed by atoms with E-state index in [1.165, 1.54) is 7.11 Å². The predicted octanol–water partition coefficient (Wildman–Crippen LogP) is 2.12. The van der Waals surface area contributed by atoms with Gasteiger partial charge < -0.3 is 15.8 Å². The van der Waals surface area contributed by atoms with Crippen LogP contribution in [0.4, 0.5) is 8.78 Å². The van der Waals surface area contributed by atoms with E-state index in [-0.39, 0.29) is 11.3 Å². The van der Waals surface area contributed by atoms with Crippen LogP contribution in [-0.2, 0) is 0 Å². The minimum atomic E-state index is -0.580. The van der Waals surface area contributed by atoms with Crippen molar-refractivity contribution >= 4 is 0 Å². The normalized spacial score (nSPS) is 21.0. The molecule has 0 aliphatic carbocycles. The summed E-state index contributed by atoms with van der Waals surface area (Å²) >= 11 is 0. The van der Waals surface area contributed by atoms with E-state index in [0.29, 0.717) is 12.5 Å². The molecule has 1 heterocycles. The number of rotatable bonds is 4. The highest BCUT2D eigenvalue weighted by molar-refractivity contribution is 5.32. The minimum absolute atomic E-state index is 0.0950. The highest BCUT2D eigenvalue weighted by Crippen LogP contribution is 2.27. The maximum Gasteiger partial charge on any atom is 0.165 e. The third-order valence-corrected chi connectivity index (χ3v) is 3.37. The van der Waals surface area contributed by atoms with Gasteiger partial charge in [0.1, 0.15) is 5.82 Å². The molecular formula is C13H18F2N2O. The van der Waals surface area contributed by atoms with Gasteiger partial charge in [0.25, 0.3) is 0 Å². The number of hydrogen-bond donors (Lipinski definition) is 2. The Morgan fingerprint density at radius 2 is 2.22 bits per heavy atom. The first-order valence-corrected chi connectivity index (χ1v) is 6.13. The van der Waals surface area contributed by atoms with Crippen molar-refractivity contribution in [3.05, 3.63) is 29.3 Å². The van der Waals surface area contributed by atoms with Crippen LogP contribution in [0.25, 0.3) is 0 Å². The fourth-order valence-corrected chi connectivity index (χ4v) is 2.38. The van der Waals surface area contributed by atoms with Crippen LogP contribution in [0.15, 0.2) is 12.1 Å². The van der Waals surface area contributed by atoms with Crippen molar-refractivity contribution in [2.24, 2.45) is 5.73 Å². The third-order valence-electron chi connectivity index (χ3n) is 3.37. The van der Waals surface area contributed by atoms with Crippen LogP contribution in [-0.4, -0.2) is 19.7 Å². The molecule has 1 aliphatic rings. The summed E-state index contributed by atoms with van der Waals surface area (Å²) < 4.78 is 32.1. The first-order chi connectivity index (χ1) is 8.61. The summed E-state index contributed by atoms with van der Waals surface area (Å²) in [5.41, 5.74) is 6.16. The van der Waals surface area contributed by atoms with Crippen LogP contribution in [0, 0.1) is 11.6 Å². The first kappa shape index (κ1) is 13.2. The Hall–Kier alpha value is -1.20. The number of nitrogens with one attached hydrogen (secondary N) is 1. The number of ether oxygens (including phenoxy) is 1.